The van der Waals surface area contributed by atoms with Gasteiger partial charge in [-0.15, -0.1) is 0 Å². The molecule has 1 aliphatic heterocycles. The quantitative estimate of drug-likeness (QED) is 0.851. The number of benzene rings is 1. The lowest BCUT2D eigenvalue weighted by atomic mass is 9.87. The molecule has 0 aromatic heterocycles. The van der Waals surface area contributed by atoms with E-state index < -0.39 is 0 Å². The van der Waals surface area contributed by atoms with Gasteiger partial charge in [-0.25, -0.2) is 0 Å². The fourth-order valence-corrected chi connectivity index (χ4v) is 2.75. The minimum Gasteiger partial charge on any atom is -0.488 e. The zero-order valence-electron chi connectivity index (χ0n) is 10.0. The molecule has 92 valence electrons. The van der Waals surface area contributed by atoms with Crippen LogP contribution in [0.15, 0.2) is 18.2 Å². The molecular formula is C14H19NO2. The van der Waals surface area contributed by atoms with Gasteiger partial charge in [0.05, 0.1) is 13.2 Å². The SMILES string of the molecule is NC1CCCc2c(OC3CCOC3)cccc21. The Morgan fingerprint density at radius 2 is 2.24 bits per heavy atom. The second-order valence-corrected chi connectivity index (χ2v) is 4.93. The van der Waals surface area contributed by atoms with Crippen LogP contribution in [0.1, 0.15) is 36.4 Å². The third-order valence-corrected chi connectivity index (χ3v) is 3.69. The van der Waals surface area contributed by atoms with Crippen molar-refractivity contribution in [3.63, 3.8) is 0 Å². The summed E-state index contributed by atoms with van der Waals surface area (Å²) in [5.74, 6) is 1.02. The predicted molar refractivity (Wildman–Crippen MR) is 66.2 cm³/mol. The molecule has 17 heavy (non-hydrogen) atoms. The summed E-state index contributed by atoms with van der Waals surface area (Å²) in [6.07, 6.45) is 4.56. The molecule has 1 aromatic carbocycles. The van der Waals surface area contributed by atoms with Crippen molar-refractivity contribution in [1.29, 1.82) is 0 Å². The van der Waals surface area contributed by atoms with Crippen molar-refractivity contribution in [2.45, 2.75) is 37.8 Å². The Morgan fingerprint density at radius 1 is 1.29 bits per heavy atom. The van der Waals surface area contributed by atoms with Gasteiger partial charge in [0.2, 0.25) is 0 Å². The molecule has 2 atom stereocenters. The number of fused-ring (bicyclic) bond motifs is 1. The Morgan fingerprint density at radius 3 is 3.06 bits per heavy atom. The first-order valence-electron chi connectivity index (χ1n) is 6.46. The number of hydrogen-bond donors (Lipinski definition) is 1. The molecule has 1 fully saturated rings. The molecule has 3 heteroatoms. The molecule has 1 saturated heterocycles. The molecule has 0 saturated carbocycles. The van der Waals surface area contributed by atoms with Crippen molar-refractivity contribution in [3.05, 3.63) is 29.3 Å². The Labute approximate surface area is 102 Å². The zero-order valence-corrected chi connectivity index (χ0v) is 10.0. The second kappa shape index (κ2) is 4.67. The fraction of sp³-hybridized carbons (Fsp3) is 0.571. The van der Waals surface area contributed by atoms with E-state index in [1.807, 2.05) is 0 Å². The molecule has 3 rings (SSSR count). The topological polar surface area (TPSA) is 44.5 Å². The number of ether oxygens (including phenoxy) is 2. The van der Waals surface area contributed by atoms with Crippen LogP contribution >= 0.6 is 0 Å². The van der Waals surface area contributed by atoms with Crippen molar-refractivity contribution in [2.75, 3.05) is 13.2 Å². The lowest BCUT2D eigenvalue weighted by Gasteiger charge is -2.25. The van der Waals surface area contributed by atoms with E-state index in [-0.39, 0.29) is 12.1 Å². The summed E-state index contributed by atoms with van der Waals surface area (Å²) in [5, 5.41) is 0. The third-order valence-electron chi connectivity index (χ3n) is 3.69. The van der Waals surface area contributed by atoms with Crippen molar-refractivity contribution in [1.82, 2.24) is 0 Å². The van der Waals surface area contributed by atoms with Crippen LogP contribution in [-0.2, 0) is 11.2 Å². The van der Waals surface area contributed by atoms with Gasteiger partial charge in [-0.2, -0.15) is 0 Å². The largest absolute Gasteiger partial charge is 0.488 e. The Bertz CT molecular complexity index is 399. The Balaban J connectivity index is 1.86. The Kier molecular flexibility index (Phi) is 3.04. The zero-order chi connectivity index (χ0) is 11.7. The summed E-state index contributed by atoms with van der Waals surface area (Å²) in [4.78, 5) is 0. The van der Waals surface area contributed by atoms with E-state index in [0.717, 1.165) is 44.6 Å². The number of nitrogens with two attached hydrogens (primary N) is 1. The fourth-order valence-electron chi connectivity index (χ4n) is 2.75. The molecule has 0 spiro atoms. The lowest BCUT2D eigenvalue weighted by molar-refractivity contribution is 0.140. The molecule has 2 unspecified atom stereocenters. The van der Waals surface area contributed by atoms with Crippen molar-refractivity contribution < 1.29 is 9.47 Å². The monoisotopic (exact) mass is 233 g/mol. The van der Waals surface area contributed by atoms with Gasteiger partial charge < -0.3 is 15.2 Å². The first-order valence-corrected chi connectivity index (χ1v) is 6.46. The summed E-state index contributed by atoms with van der Waals surface area (Å²) in [6.45, 7) is 1.54. The van der Waals surface area contributed by atoms with E-state index in [9.17, 15) is 0 Å². The summed E-state index contributed by atoms with van der Waals surface area (Å²) in [6, 6.07) is 6.43. The first-order chi connectivity index (χ1) is 8.34. The van der Waals surface area contributed by atoms with E-state index >= 15 is 0 Å². The molecular weight excluding hydrogens is 214 g/mol. The van der Waals surface area contributed by atoms with Gasteiger partial charge in [0.25, 0.3) is 0 Å². The van der Waals surface area contributed by atoms with E-state index in [1.165, 1.54) is 11.1 Å². The molecule has 2 N–H and O–H groups in total. The first kappa shape index (κ1) is 11.1. The van der Waals surface area contributed by atoms with E-state index in [0.29, 0.717) is 0 Å². The molecule has 0 bridgehead atoms. The lowest BCUT2D eigenvalue weighted by Crippen LogP contribution is -2.21. The van der Waals surface area contributed by atoms with Crippen LogP contribution in [0.2, 0.25) is 0 Å². The maximum Gasteiger partial charge on any atom is 0.124 e. The van der Waals surface area contributed by atoms with E-state index in [4.69, 9.17) is 15.2 Å². The predicted octanol–water partition coefficient (Wildman–Crippen LogP) is 2.19. The highest BCUT2D eigenvalue weighted by Crippen LogP contribution is 2.34. The molecule has 0 amide bonds. The average Bonchev–Trinajstić information content (AvgIpc) is 2.83. The summed E-state index contributed by atoms with van der Waals surface area (Å²) < 4.78 is 11.4. The standard InChI is InChI=1S/C14H19NO2/c15-13-5-1-4-12-11(13)3-2-6-14(12)17-10-7-8-16-9-10/h2-3,6,10,13H,1,4-5,7-9,15H2. The van der Waals surface area contributed by atoms with Crippen LogP contribution in [0.25, 0.3) is 0 Å². The maximum absolute atomic E-state index is 6.14. The minimum absolute atomic E-state index is 0.183. The van der Waals surface area contributed by atoms with E-state index in [1.54, 1.807) is 0 Å². The van der Waals surface area contributed by atoms with Gasteiger partial charge in [0.15, 0.2) is 0 Å². The van der Waals surface area contributed by atoms with Crippen molar-refractivity contribution in [3.8, 4) is 5.75 Å². The van der Waals surface area contributed by atoms with Crippen LogP contribution in [-0.4, -0.2) is 19.3 Å². The van der Waals surface area contributed by atoms with Gasteiger partial charge in [0, 0.05) is 12.5 Å². The summed E-state index contributed by atoms with van der Waals surface area (Å²) >= 11 is 0. The average molecular weight is 233 g/mol. The Hall–Kier alpha value is -1.06. The third kappa shape index (κ3) is 2.17. The highest BCUT2D eigenvalue weighted by Gasteiger charge is 2.23. The highest BCUT2D eigenvalue weighted by molar-refractivity contribution is 5.43. The van der Waals surface area contributed by atoms with Crippen LogP contribution in [0.4, 0.5) is 0 Å². The maximum atomic E-state index is 6.14. The summed E-state index contributed by atoms with van der Waals surface area (Å²) in [7, 11) is 0. The molecule has 2 aliphatic rings. The highest BCUT2D eigenvalue weighted by atomic mass is 16.5. The van der Waals surface area contributed by atoms with Crippen LogP contribution in [0.3, 0.4) is 0 Å². The second-order valence-electron chi connectivity index (χ2n) is 4.93. The van der Waals surface area contributed by atoms with Crippen LogP contribution in [0, 0.1) is 0 Å². The van der Waals surface area contributed by atoms with Gasteiger partial charge in [-0.05, 0) is 36.5 Å². The van der Waals surface area contributed by atoms with Crippen LogP contribution in [0.5, 0.6) is 5.75 Å². The minimum atomic E-state index is 0.183. The van der Waals surface area contributed by atoms with Gasteiger partial charge >= 0.3 is 0 Å². The van der Waals surface area contributed by atoms with Crippen LogP contribution < -0.4 is 10.5 Å². The smallest absolute Gasteiger partial charge is 0.124 e. The number of rotatable bonds is 2. The molecule has 0 radical (unpaired) electrons. The van der Waals surface area contributed by atoms with Gasteiger partial charge in [0.1, 0.15) is 11.9 Å². The van der Waals surface area contributed by atoms with Gasteiger partial charge in [-0.1, -0.05) is 12.1 Å². The molecule has 1 aromatic rings. The molecule has 3 nitrogen and oxygen atoms in total. The number of hydrogen-bond acceptors (Lipinski definition) is 3. The van der Waals surface area contributed by atoms with Crippen molar-refractivity contribution >= 4 is 0 Å². The molecule has 1 aliphatic carbocycles. The summed E-state index contributed by atoms with van der Waals surface area (Å²) in [5.41, 5.74) is 8.73. The normalized spacial score (nSPS) is 27.8. The van der Waals surface area contributed by atoms with E-state index in [2.05, 4.69) is 18.2 Å². The van der Waals surface area contributed by atoms with Gasteiger partial charge in [-0.3, -0.25) is 0 Å². The molecule has 1 heterocycles. The van der Waals surface area contributed by atoms with Crippen molar-refractivity contribution in [2.24, 2.45) is 5.73 Å².